The fourth-order valence-corrected chi connectivity index (χ4v) is 9.00. The van der Waals surface area contributed by atoms with Gasteiger partial charge in [0.25, 0.3) is 0 Å². The lowest BCUT2D eigenvalue weighted by Crippen LogP contribution is -2.55. The predicted octanol–water partition coefficient (Wildman–Crippen LogP) is 1.20. The Morgan fingerprint density at radius 3 is 2.71 bits per heavy atom. The lowest BCUT2D eigenvalue weighted by Gasteiger charge is -2.43. The van der Waals surface area contributed by atoms with Crippen molar-refractivity contribution in [3.05, 3.63) is 51.6 Å². The van der Waals surface area contributed by atoms with Crippen molar-refractivity contribution in [2.75, 3.05) is 60.1 Å². The molecular formula is C37H46N4O11. The number of phenolic OH excluding ortho intramolecular Hbond substituents is 2. The van der Waals surface area contributed by atoms with Crippen LogP contribution in [0.4, 0.5) is 0 Å². The largest absolute Gasteiger partial charge is 0.507 e. The summed E-state index contributed by atoms with van der Waals surface area (Å²) >= 11 is 0. The molecule has 15 nitrogen and oxygen atoms in total. The Morgan fingerprint density at radius 1 is 1.10 bits per heavy atom. The fourth-order valence-electron chi connectivity index (χ4n) is 9.00. The van der Waals surface area contributed by atoms with Gasteiger partial charge in [-0.15, -0.1) is 0 Å². The summed E-state index contributed by atoms with van der Waals surface area (Å²) in [6, 6.07) is 4.64. The highest BCUT2D eigenvalue weighted by atomic mass is 16.7. The van der Waals surface area contributed by atoms with E-state index in [9.17, 15) is 24.9 Å². The van der Waals surface area contributed by atoms with Gasteiger partial charge >= 0.3 is 0 Å². The van der Waals surface area contributed by atoms with E-state index in [1.807, 2.05) is 11.8 Å². The number of carbonyl (C=O) groups is 2. The third-order valence-corrected chi connectivity index (χ3v) is 11.5. The molecule has 4 saturated heterocycles. The van der Waals surface area contributed by atoms with E-state index in [0.717, 1.165) is 13.0 Å². The molecule has 0 saturated carbocycles. The Bertz CT molecular complexity index is 1780. The molecule has 4 heterocycles. The quantitative estimate of drug-likeness (QED) is 0.219. The Kier molecular flexibility index (Phi) is 9.37. The van der Waals surface area contributed by atoms with Gasteiger partial charge in [-0.25, -0.2) is 0 Å². The zero-order valence-corrected chi connectivity index (χ0v) is 29.6. The maximum Gasteiger partial charge on any atom is 0.198 e. The molecule has 8 atom stereocenters. The molecule has 2 aliphatic carbocycles. The summed E-state index contributed by atoms with van der Waals surface area (Å²) in [6.45, 7) is 5.77. The van der Waals surface area contributed by atoms with Crippen LogP contribution in [-0.2, 0) is 34.9 Å². The summed E-state index contributed by atoms with van der Waals surface area (Å²) in [4.78, 5) is 32.3. The number of aromatic hydroxyl groups is 2. The summed E-state index contributed by atoms with van der Waals surface area (Å²) < 4.78 is 36.2. The molecule has 0 radical (unpaired) electrons. The minimum Gasteiger partial charge on any atom is -0.507 e. The van der Waals surface area contributed by atoms with Crippen LogP contribution in [0.5, 0.6) is 17.2 Å². The minimum atomic E-state index is -2.01. The standard InChI is InChI=1S/C37H46N4O11/c1-18-34-21(41-12-13-49-36(48-3)35(41)52-34)14-25(50-18)51-23-16-37(46,24(42)17-40-10-5-8-39-9-11-40)15-20-27(23)33(45)28-29(32(20)44)31(43)19-6-4-7-22(47-2)26(19)30(28)38/h4,6-7,18,21,23,25,34-36,38-39,44-46H,5,8-17H2,1-3H3/t18-,21-,23-,25-,34+,35+,36-,37-/m0/s1. The van der Waals surface area contributed by atoms with Gasteiger partial charge in [-0.2, -0.15) is 0 Å². The van der Waals surface area contributed by atoms with Gasteiger partial charge in [-0.05, 0) is 32.5 Å². The zero-order chi connectivity index (χ0) is 36.5. The van der Waals surface area contributed by atoms with Crippen LogP contribution in [0.25, 0.3) is 0 Å². The van der Waals surface area contributed by atoms with Crippen LogP contribution < -0.4 is 10.1 Å². The SMILES string of the molecule is COc1cccc2c1C(=N)c1c(O)c3c(c(O)c1C2=O)C[C@@](O)(C(=O)CN1CCCNCC1)C[C@@H]3O[C@H]1C[C@H]2[C@H](O[C@@H]3[C@@H](OC)OCCN32)[C@H](C)O1. The Hall–Kier alpha value is -3.51. The number of rotatable bonds is 7. The van der Waals surface area contributed by atoms with Gasteiger partial charge in [0.15, 0.2) is 30.4 Å². The molecule has 5 N–H and O–H groups in total. The smallest absolute Gasteiger partial charge is 0.198 e. The number of methoxy groups -OCH3 is 2. The molecule has 0 aromatic heterocycles. The van der Waals surface area contributed by atoms with E-state index in [4.69, 9.17) is 33.8 Å². The number of phenols is 2. The number of morpholine rings is 1. The molecule has 0 unspecified atom stereocenters. The predicted molar refractivity (Wildman–Crippen MR) is 183 cm³/mol. The molecule has 4 fully saturated rings. The normalized spacial score (nSPS) is 33.3. The second kappa shape index (κ2) is 13.7. The first-order chi connectivity index (χ1) is 25.0. The molecule has 0 spiro atoms. The number of ketones is 2. The molecule has 8 rings (SSSR count). The summed E-state index contributed by atoms with van der Waals surface area (Å²) in [5.74, 6) is -1.74. The molecule has 0 bridgehead atoms. The number of carbonyl (C=O) groups excluding carboxylic acids is 2. The Morgan fingerprint density at radius 2 is 1.92 bits per heavy atom. The van der Waals surface area contributed by atoms with Gasteiger partial charge in [0.1, 0.15) is 29.0 Å². The monoisotopic (exact) mass is 722 g/mol. The fraction of sp³-hybridized carbons (Fsp3) is 0.595. The van der Waals surface area contributed by atoms with Gasteiger partial charge in [0, 0.05) is 68.7 Å². The van der Waals surface area contributed by atoms with E-state index in [0.29, 0.717) is 39.2 Å². The molecule has 4 aliphatic heterocycles. The second-order valence-electron chi connectivity index (χ2n) is 14.5. The van der Waals surface area contributed by atoms with Gasteiger partial charge in [-0.1, -0.05) is 12.1 Å². The van der Waals surface area contributed by atoms with Crippen molar-refractivity contribution >= 4 is 17.3 Å². The van der Waals surface area contributed by atoms with Crippen molar-refractivity contribution in [1.82, 2.24) is 15.1 Å². The van der Waals surface area contributed by atoms with Crippen LogP contribution in [-0.4, -0.2) is 145 Å². The van der Waals surface area contributed by atoms with E-state index in [-0.39, 0.29) is 76.4 Å². The third-order valence-electron chi connectivity index (χ3n) is 11.5. The molecule has 15 heteroatoms. The van der Waals surface area contributed by atoms with E-state index in [2.05, 4.69) is 10.2 Å². The third kappa shape index (κ3) is 5.74. The van der Waals surface area contributed by atoms with E-state index >= 15 is 0 Å². The first-order valence-electron chi connectivity index (χ1n) is 18.0. The summed E-state index contributed by atoms with van der Waals surface area (Å²) in [6.07, 6.45) is -3.15. The number of fused-ring (bicyclic) bond motifs is 6. The zero-order valence-electron chi connectivity index (χ0n) is 29.6. The second-order valence-corrected chi connectivity index (χ2v) is 14.5. The van der Waals surface area contributed by atoms with Crippen molar-refractivity contribution in [2.24, 2.45) is 0 Å². The lowest BCUT2D eigenvalue weighted by molar-refractivity contribution is -0.256. The van der Waals surface area contributed by atoms with Crippen molar-refractivity contribution in [3.8, 4) is 17.2 Å². The van der Waals surface area contributed by atoms with Crippen LogP contribution in [0.2, 0.25) is 0 Å². The van der Waals surface area contributed by atoms with E-state index in [1.165, 1.54) is 13.2 Å². The van der Waals surface area contributed by atoms with Crippen molar-refractivity contribution in [1.29, 1.82) is 5.41 Å². The van der Waals surface area contributed by atoms with Crippen molar-refractivity contribution < 1.29 is 53.3 Å². The Labute approximate surface area is 301 Å². The highest BCUT2D eigenvalue weighted by Gasteiger charge is 2.55. The average molecular weight is 723 g/mol. The molecular weight excluding hydrogens is 676 g/mol. The number of benzene rings is 2. The molecule has 52 heavy (non-hydrogen) atoms. The van der Waals surface area contributed by atoms with E-state index in [1.54, 1.807) is 19.2 Å². The lowest BCUT2D eigenvalue weighted by atomic mass is 9.71. The average Bonchev–Trinajstić information content (AvgIpc) is 3.32. The van der Waals surface area contributed by atoms with Crippen LogP contribution in [0, 0.1) is 5.41 Å². The van der Waals surface area contributed by atoms with Crippen molar-refractivity contribution in [2.45, 2.75) is 81.4 Å². The first kappa shape index (κ1) is 35.5. The van der Waals surface area contributed by atoms with Crippen LogP contribution in [0.15, 0.2) is 18.2 Å². The summed E-state index contributed by atoms with van der Waals surface area (Å²) in [7, 11) is 3.00. The molecule has 0 amide bonds. The molecule has 6 aliphatic rings. The highest BCUT2D eigenvalue weighted by Crippen LogP contribution is 2.53. The number of aliphatic hydroxyl groups is 1. The maximum absolute atomic E-state index is 14.1. The van der Waals surface area contributed by atoms with Gasteiger partial charge in [-0.3, -0.25) is 24.8 Å². The van der Waals surface area contributed by atoms with Crippen LogP contribution in [0.1, 0.15) is 70.5 Å². The summed E-state index contributed by atoms with van der Waals surface area (Å²) in [5, 5.41) is 48.8. The minimum absolute atomic E-state index is 0.0220. The molecule has 2 aromatic carbocycles. The van der Waals surface area contributed by atoms with E-state index < -0.39 is 59.7 Å². The molecule has 280 valence electrons. The summed E-state index contributed by atoms with van der Waals surface area (Å²) in [5.41, 5.74) is -2.20. The number of hydrogen-bond donors (Lipinski definition) is 5. The van der Waals surface area contributed by atoms with Crippen LogP contribution in [0.3, 0.4) is 0 Å². The topological polar surface area (TPSA) is 193 Å². The first-order valence-corrected chi connectivity index (χ1v) is 18.0. The van der Waals surface area contributed by atoms with Gasteiger partial charge in [0.2, 0.25) is 0 Å². The van der Waals surface area contributed by atoms with Gasteiger partial charge < -0.3 is 49.1 Å². The van der Waals surface area contributed by atoms with Crippen molar-refractivity contribution in [3.63, 3.8) is 0 Å². The number of ether oxygens (including phenoxy) is 6. The number of nitrogens with one attached hydrogen (secondary N) is 2. The number of nitrogens with zero attached hydrogens (tertiary/aromatic N) is 2. The highest BCUT2D eigenvalue weighted by molar-refractivity contribution is 6.32. The van der Waals surface area contributed by atoms with Crippen LogP contribution >= 0.6 is 0 Å². The van der Waals surface area contributed by atoms with Gasteiger partial charge in [0.05, 0.1) is 54.9 Å². The Balaban J connectivity index is 1.18. The number of hydrogen-bond acceptors (Lipinski definition) is 15. The maximum atomic E-state index is 14.1. The number of Topliss-reactive ketones (excluding diaryl/α,β-unsaturated/α-hetero) is 1. The molecule has 2 aromatic rings.